The molecule has 2 atom stereocenters. The molecule has 4 nitrogen and oxygen atoms in total. The van der Waals surface area contributed by atoms with Crippen LogP contribution in [0.25, 0.3) is 0 Å². The van der Waals surface area contributed by atoms with Crippen molar-refractivity contribution in [2.24, 2.45) is 5.92 Å². The predicted octanol–water partition coefficient (Wildman–Crippen LogP) is 0.652. The fourth-order valence-electron chi connectivity index (χ4n) is 1.88. The van der Waals surface area contributed by atoms with Gasteiger partial charge in [0.1, 0.15) is 0 Å². The third kappa shape index (κ3) is 3.46. The molecule has 0 aromatic rings. The van der Waals surface area contributed by atoms with E-state index in [1.807, 2.05) is 20.8 Å². The standard InChI is InChI=1S/C12H24N2O2/c1-9(2)10(15)8-13-11(16)12(3)6-4-5-7-14-12/h9-10,14-15H,4-8H2,1-3H3,(H,13,16). The van der Waals surface area contributed by atoms with Gasteiger partial charge in [-0.2, -0.15) is 0 Å². The van der Waals surface area contributed by atoms with Crippen molar-refractivity contribution in [2.75, 3.05) is 13.1 Å². The van der Waals surface area contributed by atoms with Gasteiger partial charge in [0, 0.05) is 6.54 Å². The van der Waals surface area contributed by atoms with E-state index >= 15 is 0 Å². The zero-order valence-electron chi connectivity index (χ0n) is 10.5. The van der Waals surface area contributed by atoms with E-state index in [0.29, 0.717) is 6.54 Å². The highest BCUT2D eigenvalue weighted by Crippen LogP contribution is 2.18. The lowest BCUT2D eigenvalue weighted by Crippen LogP contribution is -2.57. The van der Waals surface area contributed by atoms with Crippen LogP contribution in [0.5, 0.6) is 0 Å². The SMILES string of the molecule is CC(C)C(O)CNC(=O)C1(C)CCCCN1. The van der Waals surface area contributed by atoms with Gasteiger partial charge < -0.3 is 15.7 Å². The van der Waals surface area contributed by atoms with Gasteiger partial charge in [-0.25, -0.2) is 0 Å². The topological polar surface area (TPSA) is 61.4 Å². The lowest BCUT2D eigenvalue weighted by molar-refractivity contribution is -0.128. The molecule has 0 aromatic carbocycles. The predicted molar refractivity (Wildman–Crippen MR) is 64.1 cm³/mol. The van der Waals surface area contributed by atoms with Gasteiger partial charge in [0.2, 0.25) is 5.91 Å². The molecular formula is C12H24N2O2. The molecule has 1 amide bonds. The molecule has 2 unspecified atom stereocenters. The summed E-state index contributed by atoms with van der Waals surface area (Å²) in [6, 6.07) is 0. The maximum absolute atomic E-state index is 12.0. The average molecular weight is 228 g/mol. The summed E-state index contributed by atoms with van der Waals surface area (Å²) < 4.78 is 0. The first-order valence-corrected chi connectivity index (χ1v) is 6.17. The zero-order valence-corrected chi connectivity index (χ0v) is 10.5. The molecule has 0 radical (unpaired) electrons. The average Bonchev–Trinajstić information content (AvgIpc) is 2.26. The summed E-state index contributed by atoms with van der Waals surface area (Å²) in [6.45, 7) is 7.06. The second kappa shape index (κ2) is 5.64. The second-order valence-electron chi connectivity index (χ2n) is 5.24. The van der Waals surface area contributed by atoms with Crippen LogP contribution in [0.1, 0.15) is 40.0 Å². The van der Waals surface area contributed by atoms with E-state index in [2.05, 4.69) is 10.6 Å². The molecule has 3 N–H and O–H groups in total. The van der Waals surface area contributed by atoms with E-state index in [0.717, 1.165) is 25.8 Å². The Bertz CT molecular complexity index is 235. The van der Waals surface area contributed by atoms with Gasteiger partial charge >= 0.3 is 0 Å². The molecule has 1 saturated heterocycles. The number of carbonyl (C=O) groups is 1. The molecule has 1 aliphatic heterocycles. The normalized spacial score (nSPS) is 27.8. The summed E-state index contributed by atoms with van der Waals surface area (Å²) in [6.07, 6.45) is 2.63. The van der Waals surface area contributed by atoms with Crippen LogP contribution >= 0.6 is 0 Å². The van der Waals surface area contributed by atoms with Crippen molar-refractivity contribution in [1.29, 1.82) is 0 Å². The van der Waals surface area contributed by atoms with Gasteiger partial charge in [-0.1, -0.05) is 13.8 Å². The Balaban J connectivity index is 2.39. The number of aliphatic hydroxyl groups is 1. The Hall–Kier alpha value is -0.610. The maximum atomic E-state index is 12.0. The summed E-state index contributed by atoms with van der Waals surface area (Å²) >= 11 is 0. The van der Waals surface area contributed by atoms with Crippen LogP contribution in [0, 0.1) is 5.92 Å². The number of hydrogen-bond acceptors (Lipinski definition) is 3. The number of nitrogens with one attached hydrogen (secondary N) is 2. The number of rotatable bonds is 4. The van der Waals surface area contributed by atoms with Crippen molar-refractivity contribution < 1.29 is 9.90 Å². The van der Waals surface area contributed by atoms with Gasteiger partial charge in [0.05, 0.1) is 11.6 Å². The Labute approximate surface area is 97.8 Å². The van der Waals surface area contributed by atoms with Crippen LogP contribution in [-0.4, -0.2) is 35.7 Å². The number of carbonyl (C=O) groups excluding carboxylic acids is 1. The zero-order chi connectivity index (χ0) is 12.2. The summed E-state index contributed by atoms with van der Waals surface area (Å²) in [7, 11) is 0. The van der Waals surface area contributed by atoms with E-state index < -0.39 is 11.6 Å². The second-order valence-corrected chi connectivity index (χ2v) is 5.24. The minimum atomic E-state index is -0.462. The van der Waals surface area contributed by atoms with Gasteiger partial charge in [-0.15, -0.1) is 0 Å². The molecule has 4 heteroatoms. The molecule has 0 spiro atoms. The van der Waals surface area contributed by atoms with Crippen LogP contribution in [0.2, 0.25) is 0 Å². The van der Waals surface area contributed by atoms with Gasteiger partial charge in [0.15, 0.2) is 0 Å². The molecule has 0 bridgehead atoms. The van der Waals surface area contributed by atoms with E-state index in [1.54, 1.807) is 0 Å². The Morgan fingerprint density at radius 1 is 1.50 bits per heavy atom. The van der Waals surface area contributed by atoms with E-state index in [1.165, 1.54) is 0 Å². The summed E-state index contributed by atoms with van der Waals surface area (Å²) in [5.74, 6) is 0.180. The number of amides is 1. The van der Waals surface area contributed by atoms with Crippen LogP contribution in [0.3, 0.4) is 0 Å². The Kier molecular flexibility index (Phi) is 4.74. The molecule has 0 saturated carbocycles. The van der Waals surface area contributed by atoms with Crippen molar-refractivity contribution in [3.05, 3.63) is 0 Å². The highest BCUT2D eigenvalue weighted by atomic mass is 16.3. The van der Waals surface area contributed by atoms with E-state index in [9.17, 15) is 9.90 Å². The number of aliphatic hydroxyl groups excluding tert-OH is 1. The Morgan fingerprint density at radius 2 is 2.19 bits per heavy atom. The summed E-state index contributed by atoms with van der Waals surface area (Å²) in [4.78, 5) is 12.0. The van der Waals surface area contributed by atoms with Gasteiger partial charge in [-0.3, -0.25) is 4.79 Å². The van der Waals surface area contributed by atoms with Crippen molar-refractivity contribution in [2.45, 2.75) is 51.7 Å². The van der Waals surface area contributed by atoms with Crippen LogP contribution in [0.4, 0.5) is 0 Å². The monoisotopic (exact) mass is 228 g/mol. The smallest absolute Gasteiger partial charge is 0.240 e. The molecule has 1 aliphatic rings. The van der Waals surface area contributed by atoms with Crippen molar-refractivity contribution in [1.82, 2.24) is 10.6 Å². The van der Waals surface area contributed by atoms with Crippen molar-refractivity contribution >= 4 is 5.91 Å². The summed E-state index contributed by atoms with van der Waals surface area (Å²) in [5.41, 5.74) is -0.449. The number of hydrogen-bond donors (Lipinski definition) is 3. The molecule has 1 fully saturated rings. The lowest BCUT2D eigenvalue weighted by Gasteiger charge is -2.33. The minimum Gasteiger partial charge on any atom is -0.391 e. The fraction of sp³-hybridized carbons (Fsp3) is 0.917. The minimum absolute atomic E-state index is 0.00639. The molecule has 94 valence electrons. The highest BCUT2D eigenvalue weighted by molar-refractivity contribution is 5.85. The molecular weight excluding hydrogens is 204 g/mol. The highest BCUT2D eigenvalue weighted by Gasteiger charge is 2.34. The third-order valence-corrected chi connectivity index (χ3v) is 3.36. The van der Waals surface area contributed by atoms with Crippen molar-refractivity contribution in [3.63, 3.8) is 0 Å². The summed E-state index contributed by atoms with van der Waals surface area (Å²) in [5, 5.41) is 15.7. The molecule has 1 rings (SSSR count). The maximum Gasteiger partial charge on any atom is 0.240 e. The van der Waals surface area contributed by atoms with E-state index in [-0.39, 0.29) is 11.8 Å². The first kappa shape index (κ1) is 13.5. The van der Waals surface area contributed by atoms with Gasteiger partial charge in [-0.05, 0) is 38.6 Å². The quantitative estimate of drug-likeness (QED) is 0.662. The largest absolute Gasteiger partial charge is 0.391 e. The first-order chi connectivity index (χ1) is 7.46. The molecule has 0 aliphatic carbocycles. The van der Waals surface area contributed by atoms with Crippen LogP contribution in [0.15, 0.2) is 0 Å². The van der Waals surface area contributed by atoms with Crippen LogP contribution < -0.4 is 10.6 Å². The van der Waals surface area contributed by atoms with Gasteiger partial charge in [0.25, 0.3) is 0 Å². The fourth-order valence-corrected chi connectivity index (χ4v) is 1.88. The first-order valence-electron chi connectivity index (χ1n) is 6.17. The lowest BCUT2D eigenvalue weighted by atomic mass is 9.90. The van der Waals surface area contributed by atoms with E-state index in [4.69, 9.17) is 0 Å². The third-order valence-electron chi connectivity index (χ3n) is 3.36. The van der Waals surface area contributed by atoms with Crippen molar-refractivity contribution in [3.8, 4) is 0 Å². The number of piperidine rings is 1. The molecule has 16 heavy (non-hydrogen) atoms. The molecule has 0 aromatic heterocycles. The molecule has 1 heterocycles. The van der Waals surface area contributed by atoms with Crippen LogP contribution in [-0.2, 0) is 4.79 Å². The Morgan fingerprint density at radius 3 is 2.69 bits per heavy atom.